The number of Topliss-reactive ketones (excluding diaryl/α,β-unsaturated/α-hetero) is 2. The molecule has 8 heteroatoms. The molecule has 0 bridgehead atoms. The summed E-state index contributed by atoms with van der Waals surface area (Å²) in [6.45, 7) is 8.75. The maximum absolute atomic E-state index is 13.0. The van der Waals surface area contributed by atoms with Crippen molar-refractivity contribution in [2.75, 3.05) is 0 Å². The molecule has 8 nitrogen and oxygen atoms in total. The van der Waals surface area contributed by atoms with E-state index in [1.807, 2.05) is 26.0 Å². The Kier molecular flexibility index (Phi) is 4.93. The Morgan fingerprint density at radius 1 is 1.06 bits per heavy atom. The van der Waals surface area contributed by atoms with E-state index in [1.165, 1.54) is 24.0 Å². The lowest BCUT2D eigenvalue weighted by molar-refractivity contribution is 0.0965. The number of ketones is 2. The van der Waals surface area contributed by atoms with Gasteiger partial charge in [-0.15, -0.1) is 0 Å². The summed E-state index contributed by atoms with van der Waals surface area (Å²) in [5, 5.41) is 4.68. The van der Waals surface area contributed by atoms with Gasteiger partial charge in [0.15, 0.2) is 17.2 Å². The van der Waals surface area contributed by atoms with Crippen LogP contribution in [0.15, 0.2) is 35.5 Å². The number of hydrogen-bond acceptors (Lipinski definition) is 5. The minimum atomic E-state index is -0.346. The van der Waals surface area contributed by atoms with Gasteiger partial charge in [0.25, 0.3) is 5.56 Å². The van der Waals surface area contributed by atoms with Crippen molar-refractivity contribution >= 4 is 22.6 Å². The largest absolute Gasteiger partial charge is 0.355 e. The number of benzene rings is 1. The predicted octanol–water partition coefficient (Wildman–Crippen LogP) is 3.23. The minimum Gasteiger partial charge on any atom is -0.355 e. The summed E-state index contributed by atoms with van der Waals surface area (Å²) >= 11 is 0. The van der Waals surface area contributed by atoms with Crippen LogP contribution in [0.4, 0.5) is 0 Å². The number of H-pyrrole nitrogens is 1. The first-order chi connectivity index (χ1) is 14.7. The molecule has 3 heterocycles. The average molecular weight is 417 g/mol. The molecule has 0 saturated carbocycles. The third-order valence-electron chi connectivity index (χ3n) is 5.39. The highest BCUT2D eigenvalue weighted by Crippen LogP contribution is 2.20. The van der Waals surface area contributed by atoms with Gasteiger partial charge in [-0.2, -0.15) is 5.10 Å². The summed E-state index contributed by atoms with van der Waals surface area (Å²) in [4.78, 5) is 45.1. The van der Waals surface area contributed by atoms with Crippen molar-refractivity contribution in [1.29, 1.82) is 0 Å². The number of rotatable bonds is 5. The lowest BCUT2D eigenvalue weighted by Crippen LogP contribution is -2.25. The van der Waals surface area contributed by atoms with Crippen molar-refractivity contribution in [2.45, 2.75) is 41.2 Å². The predicted molar refractivity (Wildman–Crippen MR) is 117 cm³/mol. The van der Waals surface area contributed by atoms with Crippen LogP contribution in [0.3, 0.4) is 0 Å². The van der Waals surface area contributed by atoms with Gasteiger partial charge < -0.3 is 4.98 Å². The lowest BCUT2D eigenvalue weighted by Gasteiger charge is -2.07. The van der Waals surface area contributed by atoms with E-state index in [1.54, 1.807) is 18.5 Å². The molecule has 3 aromatic heterocycles. The first-order valence-corrected chi connectivity index (χ1v) is 9.92. The van der Waals surface area contributed by atoms with Crippen LogP contribution in [0.5, 0.6) is 0 Å². The second kappa shape index (κ2) is 7.46. The number of nitrogens with zero attached hydrogens (tertiary/aromatic N) is 4. The Bertz CT molecular complexity index is 1400. The molecule has 4 rings (SSSR count). The van der Waals surface area contributed by atoms with Crippen LogP contribution in [-0.4, -0.2) is 35.9 Å². The third-order valence-corrected chi connectivity index (χ3v) is 5.39. The van der Waals surface area contributed by atoms with Crippen LogP contribution >= 0.6 is 0 Å². The van der Waals surface area contributed by atoms with Crippen LogP contribution < -0.4 is 5.56 Å². The van der Waals surface area contributed by atoms with Gasteiger partial charge >= 0.3 is 0 Å². The number of hydrogen-bond donors (Lipinski definition) is 1. The molecule has 0 saturated heterocycles. The number of carbonyl (C=O) groups excluding carboxylic acids is 2. The van der Waals surface area contributed by atoms with Crippen LogP contribution in [0.25, 0.3) is 16.7 Å². The molecule has 31 heavy (non-hydrogen) atoms. The normalized spacial score (nSPS) is 11.3. The Labute approximate surface area is 178 Å². The molecule has 1 aromatic carbocycles. The van der Waals surface area contributed by atoms with Crippen molar-refractivity contribution < 1.29 is 9.59 Å². The Hall–Kier alpha value is -3.81. The van der Waals surface area contributed by atoms with Gasteiger partial charge in [-0.1, -0.05) is 6.07 Å². The van der Waals surface area contributed by atoms with E-state index >= 15 is 0 Å². The molecular weight excluding hydrogens is 394 g/mol. The summed E-state index contributed by atoms with van der Waals surface area (Å²) in [5.41, 5.74) is 5.16. The fourth-order valence-electron chi connectivity index (χ4n) is 4.11. The number of aromatic nitrogens is 5. The van der Waals surface area contributed by atoms with Crippen molar-refractivity contribution in [2.24, 2.45) is 0 Å². The number of aryl methyl sites for hydroxylation is 3. The molecule has 0 aliphatic carbocycles. The van der Waals surface area contributed by atoms with Crippen molar-refractivity contribution in [3.63, 3.8) is 0 Å². The lowest BCUT2D eigenvalue weighted by atomic mass is 10.1. The number of aromatic amines is 1. The summed E-state index contributed by atoms with van der Waals surface area (Å²) in [6, 6.07) is 6.00. The fourth-order valence-corrected chi connectivity index (χ4v) is 4.11. The molecule has 0 atom stereocenters. The zero-order valence-corrected chi connectivity index (χ0v) is 18.1. The van der Waals surface area contributed by atoms with E-state index in [-0.39, 0.29) is 23.7 Å². The highest BCUT2D eigenvalue weighted by molar-refractivity contribution is 6.03. The van der Waals surface area contributed by atoms with Gasteiger partial charge in [-0.05, 0) is 63.4 Å². The van der Waals surface area contributed by atoms with E-state index in [4.69, 9.17) is 0 Å². The summed E-state index contributed by atoms with van der Waals surface area (Å²) in [6.07, 6.45) is 2.83. The summed E-state index contributed by atoms with van der Waals surface area (Å²) in [5.74, 6) is -0.401. The topological polar surface area (TPSA) is 103 Å². The first-order valence-electron chi connectivity index (χ1n) is 9.92. The molecular formula is C23H23N5O3. The van der Waals surface area contributed by atoms with Crippen molar-refractivity contribution in [3.8, 4) is 5.69 Å². The summed E-state index contributed by atoms with van der Waals surface area (Å²) in [7, 11) is 0. The first kappa shape index (κ1) is 20.5. The average Bonchev–Trinajstić information content (AvgIpc) is 3.24. The number of carbonyl (C=O) groups is 2. The number of fused-ring (bicyclic) bond motifs is 1. The van der Waals surface area contributed by atoms with Gasteiger partial charge in [0.1, 0.15) is 11.7 Å². The molecule has 0 unspecified atom stereocenters. The van der Waals surface area contributed by atoms with Crippen LogP contribution in [0.2, 0.25) is 0 Å². The maximum atomic E-state index is 13.0. The molecule has 158 valence electrons. The molecule has 0 aliphatic heterocycles. The van der Waals surface area contributed by atoms with E-state index in [0.717, 1.165) is 16.8 Å². The van der Waals surface area contributed by atoms with Crippen LogP contribution in [0.1, 0.15) is 50.2 Å². The van der Waals surface area contributed by atoms with Gasteiger partial charge in [-0.3, -0.25) is 19.0 Å². The molecule has 0 radical (unpaired) electrons. The highest BCUT2D eigenvalue weighted by atomic mass is 16.1. The van der Waals surface area contributed by atoms with E-state index < -0.39 is 0 Å². The van der Waals surface area contributed by atoms with Crippen LogP contribution in [-0.2, 0) is 6.54 Å². The zero-order chi connectivity index (χ0) is 22.4. The molecule has 0 spiro atoms. The Balaban J connectivity index is 1.71. The fraction of sp³-hybridized carbons (Fsp3) is 0.261. The van der Waals surface area contributed by atoms with Crippen molar-refractivity contribution in [3.05, 3.63) is 74.7 Å². The van der Waals surface area contributed by atoms with Gasteiger partial charge in [0, 0.05) is 11.3 Å². The van der Waals surface area contributed by atoms with Crippen LogP contribution in [0, 0.1) is 27.7 Å². The van der Waals surface area contributed by atoms with Gasteiger partial charge in [0.2, 0.25) is 0 Å². The van der Waals surface area contributed by atoms with Crippen molar-refractivity contribution in [1.82, 2.24) is 24.3 Å². The molecule has 1 N–H and O–H groups in total. The third kappa shape index (κ3) is 3.50. The quantitative estimate of drug-likeness (QED) is 0.502. The van der Waals surface area contributed by atoms with E-state index in [0.29, 0.717) is 33.5 Å². The summed E-state index contributed by atoms with van der Waals surface area (Å²) < 4.78 is 2.89. The maximum Gasteiger partial charge on any atom is 0.264 e. The van der Waals surface area contributed by atoms with E-state index in [9.17, 15) is 14.4 Å². The Morgan fingerprint density at radius 3 is 2.35 bits per heavy atom. The molecule has 4 aromatic rings. The second-order valence-electron chi connectivity index (χ2n) is 7.92. The smallest absolute Gasteiger partial charge is 0.264 e. The van der Waals surface area contributed by atoms with Gasteiger partial charge in [0.05, 0.1) is 24.1 Å². The van der Waals surface area contributed by atoms with Gasteiger partial charge in [-0.25, -0.2) is 9.67 Å². The zero-order valence-electron chi connectivity index (χ0n) is 18.1. The molecule has 0 amide bonds. The standard InChI is InChI=1S/C23H23N5O3/c1-12-6-13(2)8-17(7-12)28-22-18(9-25-28)23(31)27(11-24-22)10-19(30)21-14(3)20(16(5)29)15(4)26-21/h6-9,11,26H,10H2,1-5H3. The molecule has 0 aliphatic rings. The second-order valence-corrected chi connectivity index (χ2v) is 7.92. The molecule has 0 fully saturated rings. The SMILES string of the molecule is CC(=O)c1c(C)[nH]c(C(=O)Cn2cnc3c(cnn3-c3cc(C)cc(C)c3)c2=O)c1C. The monoisotopic (exact) mass is 417 g/mol. The van der Waals surface area contributed by atoms with E-state index in [2.05, 4.69) is 21.1 Å². The minimum absolute atomic E-state index is 0.107. The Morgan fingerprint density at radius 2 is 1.74 bits per heavy atom. The number of nitrogens with one attached hydrogen (secondary N) is 1. The highest BCUT2D eigenvalue weighted by Gasteiger charge is 2.21.